The molecule has 0 amide bonds. The van der Waals surface area contributed by atoms with Gasteiger partial charge in [-0.15, -0.1) is 6.58 Å². The SMILES string of the molecule is C=CCCCCCCCCCCCCCCCC(=O)OC[C@H](COP(=O)(O)OC[C@H](N)C(=O)O)OC(=O)CCCCCCCCCCCCCCC. The Morgan fingerprint density at radius 3 is 1.42 bits per heavy atom. The van der Waals surface area contributed by atoms with Crippen molar-refractivity contribution in [2.45, 2.75) is 205 Å². The zero-order chi connectivity index (χ0) is 38.5. The molecule has 0 aromatic carbocycles. The molecular formula is C40H76NO10P. The van der Waals surface area contributed by atoms with E-state index in [2.05, 4.69) is 18.0 Å². The van der Waals surface area contributed by atoms with E-state index in [1.165, 1.54) is 116 Å². The number of esters is 2. The van der Waals surface area contributed by atoms with Crippen LogP contribution in [-0.2, 0) is 37.5 Å². The van der Waals surface area contributed by atoms with Crippen molar-refractivity contribution in [2.24, 2.45) is 5.73 Å². The van der Waals surface area contributed by atoms with Crippen LogP contribution in [0, 0.1) is 0 Å². The molecule has 0 rings (SSSR count). The van der Waals surface area contributed by atoms with Crippen molar-refractivity contribution in [1.82, 2.24) is 0 Å². The van der Waals surface area contributed by atoms with Crippen LogP contribution in [0.2, 0.25) is 0 Å². The van der Waals surface area contributed by atoms with Crippen LogP contribution >= 0.6 is 7.82 Å². The molecule has 0 aliphatic heterocycles. The average molecular weight is 762 g/mol. The van der Waals surface area contributed by atoms with Crippen LogP contribution in [0.3, 0.4) is 0 Å². The molecule has 12 heteroatoms. The lowest BCUT2D eigenvalue weighted by atomic mass is 10.0. The second-order valence-corrected chi connectivity index (χ2v) is 15.7. The largest absolute Gasteiger partial charge is 0.480 e. The van der Waals surface area contributed by atoms with E-state index in [-0.39, 0.29) is 19.4 Å². The Hall–Kier alpha value is -1.78. The topological polar surface area (TPSA) is 172 Å². The van der Waals surface area contributed by atoms with Crippen molar-refractivity contribution in [3.05, 3.63) is 12.7 Å². The highest BCUT2D eigenvalue weighted by atomic mass is 31.2. The molecule has 0 saturated carbocycles. The molecule has 0 aromatic rings. The quantitative estimate of drug-likeness (QED) is 0.0235. The number of ether oxygens (including phenoxy) is 2. The molecule has 0 fully saturated rings. The summed E-state index contributed by atoms with van der Waals surface area (Å²) < 4.78 is 32.6. The molecular weight excluding hydrogens is 685 g/mol. The first-order valence-corrected chi connectivity index (χ1v) is 22.2. The number of allylic oxidation sites excluding steroid dienone is 1. The molecule has 52 heavy (non-hydrogen) atoms. The van der Waals surface area contributed by atoms with Gasteiger partial charge in [-0.05, 0) is 25.7 Å². The predicted octanol–water partition coefficient (Wildman–Crippen LogP) is 10.5. The van der Waals surface area contributed by atoms with Gasteiger partial charge in [0.15, 0.2) is 6.10 Å². The minimum Gasteiger partial charge on any atom is -0.480 e. The van der Waals surface area contributed by atoms with Crippen molar-refractivity contribution >= 4 is 25.7 Å². The lowest BCUT2D eigenvalue weighted by Gasteiger charge is -2.20. The number of unbranched alkanes of at least 4 members (excludes halogenated alkanes) is 25. The van der Waals surface area contributed by atoms with E-state index in [0.717, 1.165) is 44.9 Å². The zero-order valence-corrected chi connectivity index (χ0v) is 33.6. The van der Waals surface area contributed by atoms with Gasteiger partial charge in [0.25, 0.3) is 0 Å². The van der Waals surface area contributed by atoms with E-state index in [1.807, 2.05) is 6.08 Å². The van der Waals surface area contributed by atoms with Crippen molar-refractivity contribution in [3.8, 4) is 0 Å². The third-order valence-electron chi connectivity index (χ3n) is 9.16. The molecule has 0 saturated heterocycles. The maximum absolute atomic E-state index is 12.6. The number of hydrogen-bond donors (Lipinski definition) is 3. The Balaban J connectivity index is 4.34. The van der Waals surface area contributed by atoms with Crippen molar-refractivity contribution in [2.75, 3.05) is 19.8 Å². The minimum atomic E-state index is -4.71. The normalized spacial score (nSPS) is 13.7. The van der Waals surface area contributed by atoms with E-state index in [9.17, 15) is 23.8 Å². The summed E-state index contributed by atoms with van der Waals surface area (Å²) in [4.78, 5) is 45.8. The maximum atomic E-state index is 12.6. The maximum Gasteiger partial charge on any atom is 0.472 e. The van der Waals surface area contributed by atoms with Gasteiger partial charge in [-0.3, -0.25) is 23.4 Å². The van der Waals surface area contributed by atoms with Gasteiger partial charge in [-0.25, -0.2) is 4.57 Å². The van der Waals surface area contributed by atoms with Crippen molar-refractivity contribution < 1.29 is 47.5 Å². The minimum absolute atomic E-state index is 0.166. The Labute approximate surface area is 316 Å². The number of carboxylic acid groups (broad SMARTS) is 1. The fourth-order valence-electron chi connectivity index (χ4n) is 5.87. The number of phosphoric ester groups is 1. The molecule has 1 unspecified atom stereocenters. The second-order valence-electron chi connectivity index (χ2n) is 14.2. The first kappa shape index (κ1) is 50.2. The van der Waals surface area contributed by atoms with Gasteiger partial charge >= 0.3 is 25.7 Å². The van der Waals surface area contributed by atoms with Crippen LogP contribution < -0.4 is 5.73 Å². The smallest absolute Gasteiger partial charge is 0.472 e. The third-order valence-corrected chi connectivity index (χ3v) is 10.1. The van der Waals surface area contributed by atoms with Crippen LogP contribution in [0.25, 0.3) is 0 Å². The third kappa shape index (κ3) is 35.3. The van der Waals surface area contributed by atoms with Gasteiger partial charge in [-0.1, -0.05) is 161 Å². The Morgan fingerprint density at radius 1 is 0.615 bits per heavy atom. The van der Waals surface area contributed by atoms with E-state index < -0.39 is 51.1 Å². The molecule has 4 N–H and O–H groups in total. The van der Waals surface area contributed by atoms with E-state index in [1.54, 1.807) is 0 Å². The van der Waals surface area contributed by atoms with Gasteiger partial charge in [0, 0.05) is 12.8 Å². The molecule has 0 aliphatic carbocycles. The van der Waals surface area contributed by atoms with E-state index >= 15 is 0 Å². The average Bonchev–Trinajstić information content (AvgIpc) is 3.12. The van der Waals surface area contributed by atoms with Crippen LogP contribution in [0.5, 0.6) is 0 Å². The van der Waals surface area contributed by atoms with Crippen LogP contribution in [0.15, 0.2) is 12.7 Å². The fourth-order valence-corrected chi connectivity index (χ4v) is 6.65. The van der Waals surface area contributed by atoms with E-state index in [4.69, 9.17) is 24.8 Å². The highest BCUT2D eigenvalue weighted by Gasteiger charge is 2.28. The molecule has 11 nitrogen and oxygen atoms in total. The summed E-state index contributed by atoms with van der Waals surface area (Å²) in [6.07, 6.45) is 33.1. The number of phosphoric acid groups is 1. The number of hydrogen-bond acceptors (Lipinski definition) is 9. The fraction of sp³-hybridized carbons (Fsp3) is 0.875. The Bertz CT molecular complexity index is 934. The van der Waals surface area contributed by atoms with Gasteiger partial charge in [0.2, 0.25) is 0 Å². The molecule has 3 atom stereocenters. The lowest BCUT2D eigenvalue weighted by molar-refractivity contribution is -0.161. The zero-order valence-electron chi connectivity index (χ0n) is 32.8. The summed E-state index contributed by atoms with van der Waals surface area (Å²) in [7, 11) is -4.71. The second kappa shape index (κ2) is 36.2. The summed E-state index contributed by atoms with van der Waals surface area (Å²) in [5, 5.41) is 8.87. The molecule has 306 valence electrons. The lowest BCUT2D eigenvalue weighted by Crippen LogP contribution is -2.34. The molecule has 0 spiro atoms. The Kier molecular flexibility index (Phi) is 35.0. The number of carbonyl (C=O) groups is 3. The number of rotatable bonds is 40. The summed E-state index contributed by atoms with van der Waals surface area (Å²) in [5.74, 6) is -2.37. The van der Waals surface area contributed by atoms with Crippen LogP contribution in [-0.4, -0.2) is 59.9 Å². The molecule has 0 bridgehead atoms. The molecule has 0 aliphatic rings. The van der Waals surface area contributed by atoms with E-state index in [0.29, 0.717) is 12.8 Å². The van der Waals surface area contributed by atoms with Gasteiger partial charge in [-0.2, -0.15) is 0 Å². The number of carboxylic acids is 1. The van der Waals surface area contributed by atoms with Gasteiger partial charge in [0.1, 0.15) is 12.6 Å². The molecule has 0 radical (unpaired) electrons. The number of carbonyl (C=O) groups excluding carboxylic acids is 2. The van der Waals surface area contributed by atoms with Crippen LogP contribution in [0.4, 0.5) is 0 Å². The summed E-state index contributed by atoms with van der Waals surface area (Å²) in [6.45, 7) is 4.33. The first-order chi connectivity index (χ1) is 25.1. The van der Waals surface area contributed by atoms with Crippen molar-refractivity contribution in [1.29, 1.82) is 0 Å². The van der Waals surface area contributed by atoms with Gasteiger partial charge in [0.05, 0.1) is 13.2 Å². The summed E-state index contributed by atoms with van der Waals surface area (Å²) in [6, 6.07) is -1.52. The molecule has 0 aromatic heterocycles. The monoisotopic (exact) mass is 762 g/mol. The van der Waals surface area contributed by atoms with Crippen molar-refractivity contribution in [3.63, 3.8) is 0 Å². The first-order valence-electron chi connectivity index (χ1n) is 20.7. The summed E-state index contributed by atoms with van der Waals surface area (Å²) in [5.41, 5.74) is 5.32. The standard InChI is InChI=1S/C40H76NO10P/c1-3-5-7-9-11-13-15-17-18-20-21-23-25-27-29-31-38(42)48-33-36(34-49-52(46,47)50-35-37(41)40(44)45)51-39(43)32-30-28-26-24-22-19-16-14-12-10-8-6-4-2/h3,36-37H,1,4-35,41H2,2H3,(H,44,45)(H,46,47)/t36-,37+/m1/s1. The predicted molar refractivity (Wildman–Crippen MR) is 208 cm³/mol. The molecule has 0 heterocycles. The number of aliphatic carboxylic acids is 1. The highest BCUT2D eigenvalue weighted by Crippen LogP contribution is 2.43. The summed E-state index contributed by atoms with van der Waals surface area (Å²) >= 11 is 0. The highest BCUT2D eigenvalue weighted by molar-refractivity contribution is 7.47. The Morgan fingerprint density at radius 2 is 1.00 bits per heavy atom. The van der Waals surface area contributed by atoms with Gasteiger partial charge < -0.3 is 25.2 Å². The van der Waals surface area contributed by atoms with Crippen LogP contribution in [0.1, 0.15) is 193 Å². The number of nitrogens with two attached hydrogens (primary N) is 1.